The van der Waals surface area contributed by atoms with Crippen LogP contribution >= 0.6 is 23.2 Å². The molecule has 0 heterocycles. The molecular weight excluding hydrogens is 681 g/mol. The standard InChI is InChI=1S/C38H41Cl2N3O5S/c1-2-48-31-23-21-30(22-24-31)43(49(46,47)32-17-10-5-11-18-32)27-37(44)42(26-33-34(39)19-12-20-35(33)40)36(25-28-13-6-3-7-14-28)38(45)41-29-15-8-4-9-16-29/h3,5-7,10-14,17-24,29,36H,2,4,8-9,15-16,25-27H2,1H3,(H,41,45)/t36-/m0/s1. The van der Waals surface area contributed by atoms with E-state index in [2.05, 4.69) is 5.32 Å². The van der Waals surface area contributed by atoms with E-state index >= 15 is 0 Å². The Balaban J connectivity index is 1.58. The second kappa shape index (κ2) is 17.1. The van der Waals surface area contributed by atoms with Crippen LogP contribution in [0.2, 0.25) is 10.0 Å². The third-order valence-electron chi connectivity index (χ3n) is 8.66. The third kappa shape index (κ3) is 9.35. The van der Waals surface area contributed by atoms with Gasteiger partial charge in [-0.15, -0.1) is 0 Å². The molecule has 8 nitrogen and oxygen atoms in total. The Morgan fingerprint density at radius 3 is 2.06 bits per heavy atom. The van der Waals surface area contributed by atoms with Gasteiger partial charge in [-0.3, -0.25) is 13.9 Å². The van der Waals surface area contributed by atoms with Gasteiger partial charge in [-0.1, -0.05) is 97.1 Å². The number of ether oxygens (including phenoxy) is 1. The Morgan fingerprint density at radius 2 is 1.45 bits per heavy atom. The lowest BCUT2D eigenvalue weighted by atomic mass is 9.94. The number of benzene rings is 4. The van der Waals surface area contributed by atoms with Crippen molar-refractivity contribution in [3.63, 3.8) is 0 Å². The molecule has 1 aliphatic carbocycles. The monoisotopic (exact) mass is 721 g/mol. The number of nitrogens with one attached hydrogen (secondary N) is 1. The number of sulfonamides is 1. The van der Waals surface area contributed by atoms with E-state index in [4.69, 9.17) is 27.9 Å². The SMILES string of the molecule is CCOc1ccc(N(CC(=O)N(Cc2c(Cl)cccc2Cl)[C@@H](Cc2ccccc2)C(=O)NC2CCCCC2)S(=O)(=O)c2ccccc2)cc1. The Hall–Kier alpha value is -4.05. The molecule has 0 unspecified atom stereocenters. The van der Waals surface area contributed by atoms with Crippen molar-refractivity contribution in [3.05, 3.63) is 124 Å². The summed E-state index contributed by atoms with van der Waals surface area (Å²) >= 11 is 13.3. The van der Waals surface area contributed by atoms with Crippen LogP contribution in [0.3, 0.4) is 0 Å². The molecule has 4 aromatic carbocycles. The summed E-state index contributed by atoms with van der Waals surface area (Å²) in [6.07, 6.45) is 5.05. The van der Waals surface area contributed by atoms with Crippen molar-refractivity contribution in [2.75, 3.05) is 17.5 Å². The molecule has 11 heteroatoms. The zero-order valence-electron chi connectivity index (χ0n) is 27.4. The molecule has 5 rings (SSSR count). The molecule has 49 heavy (non-hydrogen) atoms. The van der Waals surface area contributed by atoms with Crippen LogP contribution in [0, 0.1) is 0 Å². The molecule has 1 atom stereocenters. The second-order valence-electron chi connectivity index (χ2n) is 12.0. The lowest BCUT2D eigenvalue weighted by Gasteiger charge is -2.35. The number of amides is 2. The van der Waals surface area contributed by atoms with E-state index in [-0.39, 0.29) is 35.5 Å². The van der Waals surface area contributed by atoms with Crippen LogP contribution < -0.4 is 14.4 Å². The van der Waals surface area contributed by atoms with Crippen LogP contribution in [-0.4, -0.2) is 50.4 Å². The minimum absolute atomic E-state index is 0.0146. The first-order valence-electron chi connectivity index (χ1n) is 16.5. The summed E-state index contributed by atoms with van der Waals surface area (Å²) in [4.78, 5) is 30.5. The van der Waals surface area contributed by atoms with Crippen LogP contribution in [0.25, 0.3) is 0 Å². The van der Waals surface area contributed by atoms with E-state index in [0.717, 1.165) is 42.0 Å². The number of anilines is 1. The molecule has 0 radical (unpaired) electrons. The van der Waals surface area contributed by atoms with Gasteiger partial charge < -0.3 is 15.0 Å². The number of carbonyl (C=O) groups is 2. The molecule has 0 spiro atoms. The summed E-state index contributed by atoms with van der Waals surface area (Å²) in [6, 6.07) is 28.0. The largest absolute Gasteiger partial charge is 0.494 e. The van der Waals surface area contributed by atoms with Crippen LogP contribution in [0.5, 0.6) is 5.75 Å². The molecule has 258 valence electrons. The predicted octanol–water partition coefficient (Wildman–Crippen LogP) is 7.68. The van der Waals surface area contributed by atoms with Gasteiger partial charge in [0.05, 0.1) is 17.2 Å². The number of hydrogen-bond acceptors (Lipinski definition) is 5. The van der Waals surface area contributed by atoms with E-state index in [1.165, 1.54) is 17.0 Å². The van der Waals surface area contributed by atoms with Gasteiger partial charge in [-0.25, -0.2) is 8.42 Å². The normalized spacial score (nSPS) is 14.1. The van der Waals surface area contributed by atoms with Crippen molar-refractivity contribution >= 4 is 50.7 Å². The lowest BCUT2D eigenvalue weighted by molar-refractivity contribution is -0.140. The first-order chi connectivity index (χ1) is 23.7. The summed E-state index contributed by atoms with van der Waals surface area (Å²) in [7, 11) is -4.23. The zero-order valence-corrected chi connectivity index (χ0v) is 29.8. The topological polar surface area (TPSA) is 96.0 Å². The van der Waals surface area contributed by atoms with Gasteiger partial charge >= 0.3 is 0 Å². The maximum atomic E-state index is 14.8. The molecule has 1 fully saturated rings. The van der Waals surface area contributed by atoms with E-state index in [1.807, 2.05) is 37.3 Å². The number of rotatable bonds is 14. The van der Waals surface area contributed by atoms with Gasteiger partial charge in [0.25, 0.3) is 10.0 Å². The van der Waals surface area contributed by atoms with Gasteiger partial charge in [0.15, 0.2) is 0 Å². The number of halogens is 2. The van der Waals surface area contributed by atoms with E-state index in [1.54, 1.807) is 60.7 Å². The van der Waals surface area contributed by atoms with Crippen molar-refractivity contribution in [3.8, 4) is 5.75 Å². The average molecular weight is 723 g/mol. The average Bonchev–Trinajstić information content (AvgIpc) is 3.11. The number of nitrogens with zero attached hydrogens (tertiary/aromatic N) is 2. The van der Waals surface area contributed by atoms with E-state index < -0.39 is 28.5 Å². The highest BCUT2D eigenvalue weighted by Crippen LogP contribution is 2.30. The molecule has 0 aliphatic heterocycles. The smallest absolute Gasteiger partial charge is 0.264 e. The zero-order chi connectivity index (χ0) is 34.8. The predicted molar refractivity (Wildman–Crippen MR) is 195 cm³/mol. The van der Waals surface area contributed by atoms with Crippen LogP contribution in [0.4, 0.5) is 5.69 Å². The highest BCUT2D eigenvalue weighted by atomic mass is 35.5. The molecule has 1 saturated carbocycles. The fraction of sp³-hybridized carbons (Fsp3) is 0.316. The summed E-state index contributed by atoms with van der Waals surface area (Å²) in [5.41, 5.74) is 1.57. The van der Waals surface area contributed by atoms with E-state index in [0.29, 0.717) is 28.0 Å². The molecule has 1 aliphatic rings. The van der Waals surface area contributed by atoms with Crippen molar-refractivity contribution in [1.29, 1.82) is 0 Å². The molecule has 4 aromatic rings. The maximum Gasteiger partial charge on any atom is 0.264 e. The Labute approximate surface area is 299 Å². The Kier molecular flexibility index (Phi) is 12.6. The highest BCUT2D eigenvalue weighted by Gasteiger charge is 2.36. The third-order valence-corrected chi connectivity index (χ3v) is 11.2. The summed E-state index contributed by atoms with van der Waals surface area (Å²) < 4.78 is 35.1. The van der Waals surface area contributed by atoms with E-state index in [9.17, 15) is 18.0 Å². The molecule has 1 N–H and O–H groups in total. The summed E-state index contributed by atoms with van der Waals surface area (Å²) in [5.74, 6) is -0.346. The fourth-order valence-corrected chi connectivity index (χ4v) is 8.03. The fourth-order valence-electron chi connectivity index (χ4n) is 6.08. The Morgan fingerprint density at radius 1 is 0.837 bits per heavy atom. The molecule has 0 saturated heterocycles. The molecule has 2 amide bonds. The van der Waals surface area contributed by atoms with Crippen LogP contribution in [0.15, 0.2) is 108 Å². The first kappa shape index (κ1) is 36.2. The maximum absolute atomic E-state index is 14.8. The molecule has 0 bridgehead atoms. The first-order valence-corrected chi connectivity index (χ1v) is 18.7. The van der Waals surface area contributed by atoms with Crippen molar-refractivity contribution < 1.29 is 22.7 Å². The van der Waals surface area contributed by atoms with Gasteiger partial charge in [0.1, 0.15) is 18.3 Å². The van der Waals surface area contributed by atoms with Gasteiger partial charge in [0, 0.05) is 34.6 Å². The number of carbonyl (C=O) groups excluding carboxylic acids is 2. The van der Waals surface area contributed by atoms with Crippen molar-refractivity contribution in [1.82, 2.24) is 10.2 Å². The van der Waals surface area contributed by atoms with Crippen LogP contribution in [-0.2, 0) is 32.6 Å². The molecule has 0 aromatic heterocycles. The van der Waals surface area contributed by atoms with Gasteiger partial charge in [-0.2, -0.15) is 0 Å². The number of hydrogen-bond donors (Lipinski definition) is 1. The van der Waals surface area contributed by atoms with Gasteiger partial charge in [-0.05, 0) is 73.9 Å². The highest BCUT2D eigenvalue weighted by molar-refractivity contribution is 7.92. The minimum Gasteiger partial charge on any atom is -0.494 e. The minimum atomic E-state index is -4.23. The molecular formula is C38H41Cl2N3O5S. The summed E-state index contributed by atoms with van der Waals surface area (Å²) in [6.45, 7) is 1.59. The van der Waals surface area contributed by atoms with Crippen molar-refractivity contribution in [2.45, 2.75) is 69.0 Å². The quantitative estimate of drug-likeness (QED) is 0.144. The van der Waals surface area contributed by atoms with Crippen molar-refractivity contribution in [2.24, 2.45) is 0 Å². The second-order valence-corrected chi connectivity index (χ2v) is 14.7. The summed E-state index contributed by atoms with van der Waals surface area (Å²) in [5, 5.41) is 3.86. The van der Waals surface area contributed by atoms with Gasteiger partial charge in [0.2, 0.25) is 11.8 Å². The van der Waals surface area contributed by atoms with Crippen LogP contribution in [0.1, 0.15) is 50.2 Å². The Bertz CT molecular complexity index is 1780. The lowest BCUT2D eigenvalue weighted by Crippen LogP contribution is -2.55.